The minimum Gasteiger partial charge on any atom is -0.335 e. The Balaban J connectivity index is 1.61. The zero-order chi connectivity index (χ0) is 19.2. The van der Waals surface area contributed by atoms with Crippen molar-refractivity contribution >= 4 is 27.5 Å². The fraction of sp³-hybridized carbons (Fsp3) is 0.650. The minimum atomic E-state index is -3.69. The molecule has 2 aliphatic carbocycles. The van der Waals surface area contributed by atoms with Gasteiger partial charge in [0.25, 0.3) is 5.91 Å². The van der Waals surface area contributed by atoms with Crippen LogP contribution in [0.4, 0.5) is 0 Å². The molecule has 0 aromatic heterocycles. The zero-order valence-electron chi connectivity index (χ0n) is 15.7. The molecule has 4 rings (SSSR count). The third kappa shape index (κ3) is 4.17. The zero-order valence-corrected chi connectivity index (χ0v) is 17.3. The van der Waals surface area contributed by atoms with E-state index < -0.39 is 10.0 Å². The van der Waals surface area contributed by atoms with Gasteiger partial charge in [-0.3, -0.25) is 4.79 Å². The van der Waals surface area contributed by atoms with Crippen LogP contribution in [0.1, 0.15) is 55.8 Å². The predicted octanol–water partition coefficient (Wildman–Crippen LogP) is 3.78. The Morgan fingerprint density at radius 3 is 2.59 bits per heavy atom. The first-order chi connectivity index (χ1) is 12.9. The molecule has 1 atom stereocenters. The molecule has 3 fully saturated rings. The molecular formula is C20H27ClN2O3S. The second-order valence-electron chi connectivity index (χ2n) is 8.39. The molecule has 0 spiro atoms. The van der Waals surface area contributed by atoms with Gasteiger partial charge in [0.2, 0.25) is 10.0 Å². The summed E-state index contributed by atoms with van der Waals surface area (Å²) in [5.41, 5.74) is 0.426. The Hall–Kier alpha value is -1.11. The highest BCUT2D eigenvalue weighted by Crippen LogP contribution is 2.36. The van der Waals surface area contributed by atoms with Crippen LogP contribution in [0.3, 0.4) is 0 Å². The van der Waals surface area contributed by atoms with Crippen molar-refractivity contribution in [2.45, 2.75) is 56.4 Å². The van der Waals surface area contributed by atoms with Crippen LogP contribution in [-0.2, 0) is 10.0 Å². The Morgan fingerprint density at radius 2 is 1.96 bits per heavy atom. The van der Waals surface area contributed by atoms with Crippen molar-refractivity contribution in [1.29, 1.82) is 0 Å². The quantitative estimate of drug-likeness (QED) is 0.717. The van der Waals surface area contributed by atoms with Gasteiger partial charge in [0.1, 0.15) is 4.90 Å². The van der Waals surface area contributed by atoms with Crippen LogP contribution in [-0.4, -0.2) is 49.2 Å². The van der Waals surface area contributed by atoms with E-state index in [0.717, 1.165) is 32.2 Å². The SMILES string of the molecule is CC1CCCN(S(=O)(=O)c2cc(C(=O)N(CC3CC3)C3CC3)ccc2Cl)C1. The topological polar surface area (TPSA) is 57.7 Å². The number of nitrogens with zero attached hydrogens (tertiary/aromatic N) is 2. The first-order valence-corrected chi connectivity index (χ1v) is 11.8. The van der Waals surface area contributed by atoms with E-state index in [1.54, 1.807) is 12.1 Å². The van der Waals surface area contributed by atoms with Gasteiger partial charge in [-0.15, -0.1) is 0 Å². The lowest BCUT2D eigenvalue weighted by Crippen LogP contribution is -2.39. The minimum absolute atomic E-state index is 0.0614. The molecule has 1 amide bonds. The summed E-state index contributed by atoms with van der Waals surface area (Å²) in [6, 6.07) is 5.01. The summed E-state index contributed by atoms with van der Waals surface area (Å²) < 4.78 is 27.8. The monoisotopic (exact) mass is 410 g/mol. The first-order valence-electron chi connectivity index (χ1n) is 9.97. The highest BCUT2D eigenvalue weighted by atomic mass is 35.5. The van der Waals surface area contributed by atoms with Crippen molar-refractivity contribution in [1.82, 2.24) is 9.21 Å². The molecule has 1 aliphatic heterocycles. The molecule has 2 saturated carbocycles. The van der Waals surface area contributed by atoms with Gasteiger partial charge < -0.3 is 4.90 Å². The predicted molar refractivity (Wildman–Crippen MR) is 105 cm³/mol. The Bertz CT molecular complexity index is 834. The van der Waals surface area contributed by atoms with Crippen LogP contribution in [0, 0.1) is 11.8 Å². The number of carbonyl (C=O) groups is 1. The van der Waals surface area contributed by atoms with Gasteiger partial charge in [-0.25, -0.2) is 8.42 Å². The van der Waals surface area contributed by atoms with Crippen molar-refractivity contribution in [3.8, 4) is 0 Å². The molecule has 1 unspecified atom stereocenters. The van der Waals surface area contributed by atoms with Gasteiger partial charge in [0.05, 0.1) is 5.02 Å². The lowest BCUT2D eigenvalue weighted by Gasteiger charge is -2.30. The largest absolute Gasteiger partial charge is 0.335 e. The highest BCUT2D eigenvalue weighted by Gasteiger charge is 2.37. The number of amides is 1. The number of rotatable bonds is 6. The van der Waals surface area contributed by atoms with Gasteiger partial charge in [-0.1, -0.05) is 18.5 Å². The number of carbonyl (C=O) groups excluding carboxylic acids is 1. The maximum atomic E-state index is 13.1. The maximum Gasteiger partial charge on any atom is 0.254 e. The number of hydrogen-bond donors (Lipinski definition) is 0. The van der Waals surface area contributed by atoms with E-state index in [1.165, 1.54) is 23.2 Å². The third-order valence-corrected chi connectivity index (χ3v) is 8.16. The second-order valence-corrected chi connectivity index (χ2v) is 10.7. The summed E-state index contributed by atoms with van der Waals surface area (Å²) in [5.74, 6) is 0.880. The number of sulfonamides is 1. The van der Waals surface area contributed by atoms with Crippen molar-refractivity contribution in [2.24, 2.45) is 11.8 Å². The molecule has 1 aromatic carbocycles. The second kappa shape index (κ2) is 7.37. The van der Waals surface area contributed by atoms with Crippen LogP contribution >= 0.6 is 11.6 Å². The summed E-state index contributed by atoms with van der Waals surface area (Å²) in [6.45, 7) is 3.87. The van der Waals surface area contributed by atoms with E-state index >= 15 is 0 Å². The fourth-order valence-corrected chi connectivity index (χ4v) is 5.96. The fourth-order valence-electron chi connectivity index (χ4n) is 3.87. The van der Waals surface area contributed by atoms with Gasteiger partial charge in [-0.2, -0.15) is 4.31 Å². The molecule has 7 heteroatoms. The molecule has 148 valence electrons. The first kappa shape index (κ1) is 19.2. The Kier molecular flexibility index (Phi) is 5.25. The summed E-state index contributed by atoms with van der Waals surface area (Å²) in [4.78, 5) is 15.1. The highest BCUT2D eigenvalue weighted by molar-refractivity contribution is 7.89. The molecule has 3 aliphatic rings. The number of benzene rings is 1. The number of piperidine rings is 1. The van der Waals surface area contributed by atoms with E-state index in [9.17, 15) is 13.2 Å². The normalized spacial score (nSPS) is 24.0. The van der Waals surface area contributed by atoms with E-state index in [4.69, 9.17) is 11.6 Å². The smallest absolute Gasteiger partial charge is 0.254 e. The number of halogens is 1. The molecule has 1 saturated heterocycles. The standard InChI is InChI=1S/C20H27ClN2O3S/c1-14-3-2-10-22(12-14)27(25,26)19-11-16(6-9-18(19)21)20(24)23(17-7-8-17)13-15-4-5-15/h6,9,11,14-15,17H,2-5,7-8,10,12-13H2,1H3. The summed E-state index contributed by atoms with van der Waals surface area (Å²) in [7, 11) is -3.69. The number of hydrogen-bond acceptors (Lipinski definition) is 3. The van der Waals surface area contributed by atoms with Crippen molar-refractivity contribution in [3.63, 3.8) is 0 Å². The van der Waals surface area contributed by atoms with Crippen LogP contribution in [0.25, 0.3) is 0 Å². The molecule has 0 N–H and O–H groups in total. The summed E-state index contributed by atoms with van der Waals surface area (Å²) in [6.07, 6.45) is 6.35. The van der Waals surface area contributed by atoms with Gasteiger partial charge in [0.15, 0.2) is 0 Å². The molecule has 27 heavy (non-hydrogen) atoms. The maximum absolute atomic E-state index is 13.1. The third-order valence-electron chi connectivity index (χ3n) is 5.82. The molecule has 5 nitrogen and oxygen atoms in total. The van der Waals surface area contributed by atoms with Gasteiger partial charge in [0, 0.05) is 31.2 Å². The Morgan fingerprint density at radius 1 is 1.22 bits per heavy atom. The molecule has 0 radical (unpaired) electrons. The average molecular weight is 411 g/mol. The van der Waals surface area contributed by atoms with Crippen LogP contribution in [0.5, 0.6) is 0 Å². The Labute approximate surface area is 166 Å². The summed E-state index contributed by atoms with van der Waals surface area (Å²) in [5, 5.41) is 0.185. The lowest BCUT2D eigenvalue weighted by molar-refractivity contribution is 0.0734. The average Bonchev–Trinajstić information content (AvgIpc) is 3.53. The van der Waals surface area contributed by atoms with Crippen molar-refractivity contribution in [2.75, 3.05) is 19.6 Å². The van der Waals surface area contributed by atoms with E-state index in [-0.39, 0.29) is 15.8 Å². The summed E-state index contributed by atoms with van der Waals surface area (Å²) >= 11 is 6.26. The van der Waals surface area contributed by atoms with Crippen LogP contribution in [0.15, 0.2) is 23.1 Å². The van der Waals surface area contributed by atoms with E-state index in [0.29, 0.717) is 36.5 Å². The lowest BCUT2D eigenvalue weighted by atomic mass is 10.0. The van der Waals surface area contributed by atoms with Crippen LogP contribution in [0.2, 0.25) is 5.02 Å². The van der Waals surface area contributed by atoms with Gasteiger partial charge >= 0.3 is 0 Å². The van der Waals surface area contributed by atoms with Crippen molar-refractivity contribution < 1.29 is 13.2 Å². The van der Waals surface area contributed by atoms with Gasteiger partial charge in [-0.05, 0) is 68.6 Å². The van der Waals surface area contributed by atoms with Crippen molar-refractivity contribution in [3.05, 3.63) is 28.8 Å². The molecule has 1 aromatic rings. The molecular weight excluding hydrogens is 384 g/mol. The van der Waals surface area contributed by atoms with E-state index in [2.05, 4.69) is 6.92 Å². The van der Waals surface area contributed by atoms with E-state index in [1.807, 2.05) is 4.90 Å². The van der Waals surface area contributed by atoms with Crippen LogP contribution < -0.4 is 0 Å². The molecule has 0 bridgehead atoms. The molecule has 1 heterocycles.